The zero-order chi connectivity index (χ0) is 13.9. The lowest BCUT2D eigenvalue weighted by Crippen LogP contribution is -2.31. The number of carbonyl (C=O) groups is 1. The van der Waals surface area contributed by atoms with Gasteiger partial charge in [0.25, 0.3) is 5.91 Å². The van der Waals surface area contributed by atoms with Crippen molar-refractivity contribution in [2.24, 2.45) is 18.9 Å². The molecule has 0 saturated heterocycles. The molecule has 1 heterocycles. The van der Waals surface area contributed by atoms with Crippen molar-refractivity contribution in [2.45, 2.75) is 34.1 Å². The van der Waals surface area contributed by atoms with Crippen molar-refractivity contribution in [1.82, 2.24) is 15.1 Å². The average Bonchev–Trinajstić information content (AvgIpc) is 2.60. The maximum atomic E-state index is 12.1. The Kier molecular flexibility index (Phi) is 4.76. The van der Waals surface area contributed by atoms with E-state index in [0.717, 1.165) is 12.1 Å². The third kappa shape index (κ3) is 3.03. The van der Waals surface area contributed by atoms with Crippen molar-refractivity contribution < 1.29 is 4.79 Å². The van der Waals surface area contributed by atoms with E-state index in [1.165, 1.54) is 0 Å². The second kappa shape index (κ2) is 5.89. The highest BCUT2D eigenvalue weighted by Crippen LogP contribution is 2.17. The first-order chi connectivity index (χ1) is 8.38. The van der Waals surface area contributed by atoms with Gasteiger partial charge in [0.15, 0.2) is 0 Å². The summed E-state index contributed by atoms with van der Waals surface area (Å²) in [5, 5.41) is 7.16. The molecular formula is C13H24N4O. The van der Waals surface area contributed by atoms with Crippen LogP contribution in [0.25, 0.3) is 0 Å². The summed E-state index contributed by atoms with van der Waals surface area (Å²) in [5.41, 5.74) is 7.67. The van der Waals surface area contributed by atoms with Crippen LogP contribution in [-0.4, -0.2) is 22.2 Å². The number of nitrogens with one attached hydrogen (secondary N) is 1. The molecule has 5 nitrogen and oxygen atoms in total. The van der Waals surface area contributed by atoms with Gasteiger partial charge >= 0.3 is 0 Å². The first kappa shape index (κ1) is 14.5. The van der Waals surface area contributed by atoms with E-state index in [4.69, 9.17) is 5.73 Å². The molecule has 1 aromatic heterocycles. The maximum absolute atomic E-state index is 12.1. The molecule has 3 N–H and O–H groups in total. The van der Waals surface area contributed by atoms with Gasteiger partial charge in [-0.25, -0.2) is 0 Å². The Morgan fingerprint density at radius 2 is 2.06 bits per heavy atom. The summed E-state index contributed by atoms with van der Waals surface area (Å²) in [5.74, 6) is 0.837. The Morgan fingerprint density at radius 3 is 2.50 bits per heavy atom. The molecule has 1 rings (SSSR count). The van der Waals surface area contributed by atoms with Gasteiger partial charge in [0, 0.05) is 13.6 Å². The van der Waals surface area contributed by atoms with Crippen LogP contribution in [0.15, 0.2) is 0 Å². The molecule has 0 aliphatic carbocycles. The molecule has 18 heavy (non-hydrogen) atoms. The van der Waals surface area contributed by atoms with Crippen LogP contribution < -0.4 is 11.1 Å². The zero-order valence-electron chi connectivity index (χ0n) is 11.9. The molecule has 0 fully saturated rings. The molecule has 1 unspecified atom stereocenters. The number of nitrogens with zero attached hydrogens (tertiary/aromatic N) is 2. The third-order valence-electron chi connectivity index (χ3n) is 3.43. The van der Waals surface area contributed by atoms with Crippen LogP contribution in [0.2, 0.25) is 0 Å². The van der Waals surface area contributed by atoms with E-state index in [9.17, 15) is 4.79 Å². The van der Waals surface area contributed by atoms with E-state index in [1.807, 2.05) is 6.92 Å². The molecule has 1 amide bonds. The van der Waals surface area contributed by atoms with Crippen LogP contribution in [0.4, 0.5) is 5.69 Å². The first-order valence-electron chi connectivity index (χ1n) is 6.48. The van der Waals surface area contributed by atoms with Gasteiger partial charge in [-0.05, 0) is 18.3 Å². The summed E-state index contributed by atoms with van der Waals surface area (Å²) in [6.07, 6.45) is 0.731. The Hall–Kier alpha value is -1.52. The molecular weight excluding hydrogens is 228 g/mol. The molecule has 0 bridgehead atoms. The molecule has 5 heteroatoms. The SMILES string of the molecule is CCc1nn(C)c(C(=O)NCC(C)C(C)C)c1N. The molecule has 0 aromatic carbocycles. The molecule has 102 valence electrons. The van der Waals surface area contributed by atoms with Gasteiger partial charge in [0.2, 0.25) is 0 Å². The number of carbonyl (C=O) groups excluding carboxylic acids is 1. The Morgan fingerprint density at radius 1 is 1.44 bits per heavy atom. The standard InChI is InChI=1S/C13H24N4O/c1-6-10-11(14)12(17(5)16-10)13(18)15-7-9(4)8(2)3/h8-9H,6-7,14H2,1-5H3,(H,15,18). The van der Waals surface area contributed by atoms with Crippen molar-refractivity contribution in [1.29, 1.82) is 0 Å². The summed E-state index contributed by atoms with van der Waals surface area (Å²) < 4.78 is 1.56. The molecule has 1 aromatic rings. The fourth-order valence-electron chi connectivity index (χ4n) is 1.70. The minimum atomic E-state index is -0.144. The van der Waals surface area contributed by atoms with Crippen molar-refractivity contribution in [3.63, 3.8) is 0 Å². The highest BCUT2D eigenvalue weighted by Gasteiger charge is 2.19. The summed E-state index contributed by atoms with van der Waals surface area (Å²) in [4.78, 5) is 12.1. The summed E-state index contributed by atoms with van der Waals surface area (Å²) in [6, 6.07) is 0. The quantitative estimate of drug-likeness (QED) is 0.835. The van der Waals surface area contributed by atoms with Gasteiger partial charge < -0.3 is 11.1 Å². The average molecular weight is 252 g/mol. The lowest BCUT2D eigenvalue weighted by Gasteiger charge is -2.16. The molecule has 0 aliphatic rings. The number of nitrogens with two attached hydrogens (primary N) is 1. The van der Waals surface area contributed by atoms with E-state index in [2.05, 4.69) is 31.2 Å². The number of aromatic nitrogens is 2. The van der Waals surface area contributed by atoms with Crippen molar-refractivity contribution in [3.8, 4) is 0 Å². The Balaban J connectivity index is 2.76. The van der Waals surface area contributed by atoms with Crippen LogP contribution in [0.3, 0.4) is 0 Å². The van der Waals surface area contributed by atoms with Gasteiger partial charge in [-0.2, -0.15) is 5.10 Å². The van der Waals surface area contributed by atoms with E-state index < -0.39 is 0 Å². The van der Waals surface area contributed by atoms with E-state index in [1.54, 1.807) is 11.7 Å². The van der Waals surface area contributed by atoms with Crippen molar-refractivity contribution in [2.75, 3.05) is 12.3 Å². The molecule has 0 spiro atoms. The number of anilines is 1. The van der Waals surface area contributed by atoms with Gasteiger partial charge in [-0.3, -0.25) is 9.48 Å². The Bertz CT molecular complexity index is 423. The highest BCUT2D eigenvalue weighted by molar-refractivity contribution is 5.97. The van der Waals surface area contributed by atoms with Crippen LogP contribution in [-0.2, 0) is 13.5 Å². The maximum Gasteiger partial charge on any atom is 0.271 e. The number of hydrogen-bond acceptors (Lipinski definition) is 3. The number of amides is 1. The van der Waals surface area contributed by atoms with Crippen LogP contribution >= 0.6 is 0 Å². The molecule has 0 saturated carbocycles. The molecule has 0 radical (unpaired) electrons. The Labute approximate surface area is 109 Å². The minimum Gasteiger partial charge on any atom is -0.395 e. The lowest BCUT2D eigenvalue weighted by molar-refractivity contribution is 0.0936. The second-order valence-electron chi connectivity index (χ2n) is 5.12. The monoisotopic (exact) mass is 252 g/mol. The second-order valence-corrected chi connectivity index (χ2v) is 5.12. The fourth-order valence-corrected chi connectivity index (χ4v) is 1.70. The van der Waals surface area contributed by atoms with Gasteiger partial charge in [-0.15, -0.1) is 0 Å². The van der Waals surface area contributed by atoms with Gasteiger partial charge in [0.05, 0.1) is 11.4 Å². The molecule has 1 atom stereocenters. The van der Waals surface area contributed by atoms with E-state index in [-0.39, 0.29) is 5.91 Å². The zero-order valence-corrected chi connectivity index (χ0v) is 11.9. The normalized spacial score (nSPS) is 12.8. The first-order valence-corrected chi connectivity index (χ1v) is 6.48. The fraction of sp³-hybridized carbons (Fsp3) is 0.692. The van der Waals surface area contributed by atoms with Crippen molar-refractivity contribution >= 4 is 11.6 Å². The number of hydrogen-bond donors (Lipinski definition) is 2. The topological polar surface area (TPSA) is 72.9 Å². The molecule has 0 aliphatic heterocycles. The smallest absolute Gasteiger partial charge is 0.271 e. The van der Waals surface area contributed by atoms with Gasteiger partial charge in [0.1, 0.15) is 5.69 Å². The third-order valence-corrected chi connectivity index (χ3v) is 3.43. The number of aryl methyl sites for hydroxylation is 2. The summed E-state index contributed by atoms with van der Waals surface area (Å²) in [6.45, 7) is 9.04. The van der Waals surface area contributed by atoms with Crippen LogP contribution in [0.5, 0.6) is 0 Å². The highest BCUT2D eigenvalue weighted by atomic mass is 16.2. The van der Waals surface area contributed by atoms with Crippen LogP contribution in [0, 0.1) is 11.8 Å². The largest absolute Gasteiger partial charge is 0.395 e. The lowest BCUT2D eigenvalue weighted by atomic mass is 9.98. The number of nitrogen functional groups attached to an aromatic ring is 1. The van der Waals surface area contributed by atoms with E-state index in [0.29, 0.717) is 29.8 Å². The van der Waals surface area contributed by atoms with Crippen LogP contribution in [0.1, 0.15) is 43.9 Å². The summed E-state index contributed by atoms with van der Waals surface area (Å²) in [7, 11) is 1.75. The van der Waals surface area contributed by atoms with Crippen molar-refractivity contribution in [3.05, 3.63) is 11.4 Å². The number of rotatable bonds is 5. The van der Waals surface area contributed by atoms with E-state index >= 15 is 0 Å². The predicted molar refractivity (Wildman–Crippen MR) is 73.3 cm³/mol. The minimum absolute atomic E-state index is 0.144. The predicted octanol–water partition coefficient (Wildman–Crippen LogP) is 1.59. The van der Waals surface area contributed by atoms with Gasteiger partial charge in [-0.1, -0.05) is 27.7 Å². The summed E-state index contributed by atoms with van der Waals surface area (Å²) >= 11 is 0.